The Kier molecular flexibility index (Phi) is 5.61. The second-order valence-electron chi connectivity index (χ2n) is 5.39. The normalized spacial score (nSPS) is 11.8. The van der Waals surface area contributed by atoms with E-state index in [1.807, 2.05) is 31.2 Å². The first-order valence-electron chi connectivity index (χ1n) is 7.20. The Balaban J connectivity index is 1.89. The average Bonchev–Trinajstić information content (AvgIpc) is 2.46. The summed E-state index contributed by atoms with van der Waals surface area (Å²) >= 11 is 3.36. The SMILES string of the molecule is Cc1ccc([C@H](C)NC(=O)COc2ccc(Br)cc2)c(C)c1. The second kappa shape index (κ2) is 7.45. The van der Waals surface area contributed by atoms with Gasteiger partial charge in [-0.15, -0.1) is 0 Å². The lowest BCUT2D eigenvalue weighted by Gasteiger charge is -2.17. The quantitative estimate of drug-likeness (QED) is 0.860. The van der Waals surface area contributed by atoms with Crippen LogP contribution in [0.5, 0.6) is 5.75 Å². The minimum absolute atomic E-state index is 0.0108. The number of rotatable bonds is 5. The van der Waals surface area contributed by atoms with E-state index in [9.17, 15) is 4.79 Å². The molecule has 0 saturated carbocycles. The van der Waals surface area contributed by atoms with Crippen LogP contribution in [0.3, 0.4) is 0 Å². The molecule has 1 N–H and O–H groups in total. The molecule has 0 fully saturated rings. The number of aryl methyl sites for hydroxylation is 2. The number of nitrogens with one attached hydrogen (secondary N) is 1. The highest BCUT2D eigenvalue weighted by Crippen LogP contribution is 2.19. The lowest BCUT2D eigenvalue weighted by Crippen LogP contribution is -2.31. The van der Waals surface area contributed by atoms with Gasteiger partial charge in [0.25, 0.3) is 5.91 Å². The van der Waals surface area contributed by atoms with Crippen LogP contribution in [0.4, 0.5) is 0 Å². The third kappa shape index (κ3) is 4.60. The summed E-state index contributed by atoms with van der Waals surface area (Å²) in [5, 5.41) is 2.96. The number of carbonyl (C=O) groups excluding carboxylic acids is 1. The van der Waals surface area contributed by atoms with Crippen LogP contribution in [0.1, 0.15) is 29.7 Å². The van der Waals surface area contributed by atoms with Crippen LogP contribution >= 0.6 is 15.9 Å². The molecule has 1 atom stereocenters. The summed E-state index contributed by atoms with van der Waals surface area (Å²) in [6.45, 7) is 6.11. The predicted octanol–water partition coefficient (Wildman–Crippen LogP) is 4.32. The number of benzene rings is 2. The molecular formula is C18H20BrNO2. The molecule has 0 aliphatic rings. The van der Waals surface area contributed by atoms with E-state index in [2.05, 4.69) is 53.3 Å². The van der Waals surface area contributed by atoms with Gasteiger partial charge in [0.05, 0.1) is 6.04 Å². The zero-order valence-electron chi connectivity index (χ0n) is 13.0. The lowest BCUT2D eigenvalue weighted by molar-refractivity contribution is -0.123. The molecule has 22 heavy (non-hydrogen) atoms. The molecule has 0 aliphatic carbocycles. The van der Waals surface area contributed by atoms with Gasteiger partial charge in [0.15, 0.2) is 6.61 Å². The van der Waals surface area contributed by atoms with E-state index in [1.54, 1.807) is 0 Å². The van der Waals surface area contributed by atoms with Crippen LogP contribution in [0.15, 0.2) is 46.9 Å². The first kappa shape index (κ1) is 16.6. The van der Waals surface area contributed by atoms with Crippen molar-refractivity contribution >= 4 is 21.8 Å². The average molecular weight is 362 g/mol. The van der Waals surface area contributed by atoms with Gasteiger partial charge < -0.3 is 10.1 Å². The molecule has 0 heterocycles. The third-order valence-corrected chi connectivity index (χ3v) is 3.98. The largest absolute Gasteiger partial charge is 0.484 e. The smallest absolute Gasteiger partial charge is 0.258 e. The first-order chi connectivity index (χ1) is 10.5. The highest BCUT2D eigenvalue weighted by molar-refractivity contribution is 9.10. The molecule has 0 spiro atoms. The van der Waals surface area contributed by atoms with Gasteiger partial charge in [0.1, 0.15) is 5.75 Å². The number of ether oxygens (including phenoxy) is 1. The second-order valence-corrected chi connectivity index (χ2v) is 6.31. The molecule has 0 unspecified atom stereocenters. The van der Waals surface area contributed by atoms with E-state index >= 15 is 0 Å². The van der Waals surface area contributed by atoms with Crippen molar-refractivity contribution in [1.82, 2.24) is 5.32 Å². The van der Waals surface area contributed by atoms with Crippen molar-refractivity contribution in [2.45, 2.75) is 26.8 Å². The van der Waals surface area contributed by atoms with Crippen LogP contribution in [0, 0.1) is 13.8 Å². The number of carbonyl (C=O) groups is 1. The van der Waals surface area contributed by atoms with E-state index < -0.39 is 0 Å². The molecule has 0 radical (unpaired) electrons. The molecule has 0 saturated heterocycles. The van der Waals surface area contributed by atoms with E-state index in [4.69, 9.17) is 4.74 Å². The van der Waals surface area contributed by atoms with Crippen molar-refractivity contribution in [3.63, 3.8) is 0 Å². The van der Waals surface area contributed by atoms with Gasteiger partial charge in [-0.2, -0.15) is 0 Å². The zero-order valence-corrected chi connectivity index (χ0v) is 14.6. The Bertz CT molecular complexity index is 653. The van der Waals surface area contributed by atoms with Crippen molar-refractivity contribution in [3.05, 3.63) is 63.6 Å². The highest BCUT2D eigenvalue weighted by atomic mass is 79.9. The van der Waals surface area contributed by atoms with Gasteiger partial charge in [0.2, 0.25) is 0 Å². The van der Waals surface area contributed by atoms with Crippen molar-refractivity contribution in [1.29, 1.82) is 0 Å². The molecule has 0 aromatic heterocycles. The van der Waals surface area contributed by atoms with Crippen molar-refractivity contribution in [2.24, 2.45) is 0 Å². The van der Waals surface area contributed by atoms with Gasteiger partial charge in [-0.25, -0.2) is 0 Å². The summed E-state index contributed by atoms with van der Waals surface area (Å²) in [6, 6.07) is 13.6. The standard InChI is InChI=1S/C18H20BrNO2/c1-12-4-9-17(13(2)10-12)14(3)20-18(21)11-22-16-7-5-15(19)6-8-16/h4-10,14H,11H2,1-3H3,(H,20,21)/t14-/m0/s1. The Morgan fingerprint density at radius 3 is 2.50 bits per heavy atom. The van der Waals surface area contributed by atoms with E-state index in [0.29, 0.717) is 5.75 Å². The van der Waals surface area contributed by atoms with Crippen LogP contribution in [-0.4, -0.2) is 12.5 Å². The first-order valence-corrected chi connectivity index (χ1v) is 8.00. The minimum Gasteiger partial charge on any atom is -0.484 e. The monoisotopic (exact) mass is 361 g/mol. The summed E-state index contributed by atoms with van der Waals surface area (Å²) in [7, 11) is 0. The van der Waals surface area contributed by atoms with Crippen molar-refractivity contribution in [3.8, 4) is 5.75 Å². The molecule has 0 bridgehead atoms. The fraction of sp³-hybridized carbons (Fsp3) is 0.278. The van der Waals surface area contributed by atoms with E-state index in [-0.39, 0.29) is 18.6 Å². The fourth-order valence-corrected chi connectivity index (χ4v) is 2.62. The number of halogens is 1. The molecule has 3 nitrogen and oxygen atoms in total. The van der Waals surface area contributed by atoms with Gasteiger partial charge >= 0.3 is 0 Å². The summed E-state index contributed by atoms with van der Waals surface area (Å²) in [5.74, 6) is 0.549. The highest BCUT2D eigenvalue weighted by Gasteiger charge is 2.12. The zero-order chi connectivity index (χ0) is 16.1. The predicted molar refractivity (Wildman–Crippen MR) is 92.1 cm³/mol. The maximum Gasteiger partial charge on any atom is 0.258 e. The molecule has 4 heteroatoms. The van der Waals surface area contributed by atoms with Gasteiger partial charge in [-0.05, 0) is 56.2 Å². The molecule has 0 aliphatic heterocycles. The number of hydrogen-bond acceptors (Lipinski definition) is 2. The minimum atomic E-state index is -0.129. The topological polar surface area (TPSA) is 38.3 Å². The summed E-state index contributed by atoms with van der Waals surface area (Å²) in [6.07, 6.45) is 0. The number of hydrogen-bond donors (Lipinski definition) is 1. The van der Waals surface area contributed by atoms with Crippen molar-refractivity contribution in [2.75, 3.05) is 6.61 Å². The molecular weight excluding hydrogens is 342 g/mol. The van der Waals surface area contributed by atoms with Crippen LogP contribution in [0.25, 0.3) is 0 Å². The Labute approximate surface area is 139 Å². The maximum atomic E-state index is 12.0. The molecule has 1 amide bonds. The van der Waals surface area contributed by atoms with Crippen LogP contribution in [-0.2, 0) is 4.79 Å². The Morgan fingerprint density at radius 1 is 1.18 bits per heavy atom. The lowest BCUT2D eigenvalue weighted by atomic mass is 10.0. The molecule has 2 rings (SSSR count). The summed E-state index contributed by atoms with van der Waals surface area (Å²) in [4.78, 5) is 12.0. The third-order valence-electron chi connectivity index (χ3n) is 3.45. The molecule has 116 valence electrons. The van der Waals surface area contributed by atoms with Crippen molar-refractivity contribution < 1.29 is 9.53 Å². The van der Waals surface area contributed by atoms with Crippen LogP contribution < -0.4 is 10.1 Å². The van der Waals surface area contributed by atoms with E-state index in [0.717, 1.165) is 10.0 Å². The van der Waals surface area contributed by atoms with Crippen LogP contribution in [0.2, 0.25) is 0 Å². The van der Waals surface area contributed by atoms with Gasteiger partial charge in [-0.1, -0.05) is 39.7 Å². The molecule has 2 aromatic rings. The summed E-state index contributed by atoms with van der Waals surface area (Å²) in [5.41, 5.74) is 3.53. The Morgan fingerprint density at radius 2 is 1.86 bits per heavy atom. The summed E-state index contributed by atoms with van der Waals surface area (Å²) < 4.78 is 6.46. The van der Waals surface area contributed by atoms with E-state index in [1.165, 1.54) is 11.1 Å². The van der Waals surface area contributed by atoms with Gasteiger partial charge in [0, 0.05) is 4.47 Å². The molecule has 2 aromatic carbocycles. The maximum absolute atomic E-state index is 12.0. The number of amides is 1. The van der Waals surface area contributed by atoms with Gasteiger partial charge in [-0.3, -0.25) is 4.79 Å². The fourth-order valence-electron chi connectivity index (χ4n) is 2.35. The Hall–Kier alpha value is -1.81.